The highest BCUT2D eigenvalue weighted by Gasteiger charge is 2.78. The van der Waals surface area contributed by atoms with Gasteiger partial charge in [0.2, 0.25) is 0 Å². The molecular formula is C55H57NO15. The fourth-order valence-electron chi connectivity index (χ4n) is 11.9. The summed E-state index contributed by atoms with van der Waals surface area (Å²) in [5.74, 6) is -5.82. The van der Waals surface area contributed by atoms with Gasteiger partial charge in [-0.15, -0.1) is 0 Å². The molecule has 2 heterocycles. The Balaban J connectivity index is 1.21. The van der Waals surface area contributed by atoms with Crippen LogP contribution in [-0.4, -0.2) is 112 Å². The summed E-state index contributed by atoms with van der Waals surface area (Å²) in [6.07, 6.45) is -11.0. The number of aliphatic hydroxyl groups excluding tert-OH is 1. The van der Waals surface area contributed by atoms with Crippen LogP contribution in [0.1, 0.15) is 98.5 Å². The van der Waals surface area contributed by atoms with Gasteiger partial charge < -0.3 is 43.4 Å². The van der Waals surface area contributed by atoms with Crippen molar-refractivity contribution in [2.45, 2.75) is 114 Å². The van der Waals surface area contributed by atoms with Crippen LogP contribution in [0.25, 0.3) is 0 Å². The van der Waals surface area contributed by atoms with Crippen molar-refractivity contribution < 1.29 is 72.1 Å². The van der Waals surface area contributed by atoms with Crippen LogP contribution in [0.5, 0.6) is 5.75 Å². The molecule has 4 aromatic rings. The summed E-state index contributed by atoms with van der Waals surface area (Å²) in [5.41, 5.74) is -6.16. The first-order valence-electron chi connectivity index (χ1n) is 23.6. The van der Waals surface area contributed by atoms with Gasteiger partial charge in [0, 0.05) is 43.2 Å². The largest absolute Gasteiger partial charge is 0.497 e. The Hall–Kier alpha value is -6.72. The van der Waals surface area contributed by atoms with Gasteiger partial charge in [-0.3, -0.25) is 24.1 Å². The first-order valence-corrected chi connectivity index (χ1v) is 23.6. The smallest absolute Gasteiger partial charge is 0.338 e. The molecule has 71 heavy (non-hydrogen) atoms. The van der Waals surface area contributed by atoms with E-state index in [-0.39, 0.29) is 29.7 Å². The number of fused-ring (bicyclic) bond motifs is 5. The number of ether oxygens (including phenoxy) is 7. The van der Waals surface area contributed by atoms with Gasteiger partial charge in [-0.1, -0.05) is 92.7 Å². The molecule has 5 aliphatic rings. The van der Waals surface area contributed by atoms with Crippen molar-refractivity contribution in [1.29, 1.82) is 0 Å². The molecule has 16 nitrogen and oxygen atoms in total. The summed E-state index contributed by atoms with van der Waals surface area (Å²) >= 11 is 0. The second-order valence-corrected chi connectivity index (χ2v) is 19.8. The molecule has 2 N–H and O–H groups in total. The minimum absolute atomic E-state index is 0.0364. The van der Waals surface area contributed by atoms with Crippen molar-refractivity contribution in [1.82, 2.24) is 4.90 Å². The lowest BCUT2D eigenvalue weighted by Crippen LogP contribution is -2.82. The highest BCUT2D eigenvalue weighted by atomic mass is 16.6. The lowest BCUT2D eigenvalue weighted by atomic mass is 9.44. The molecule has 1 amide bonds. The van der Waals surface area contributed by atoms with E-state index < -0.39 is 119 Å². The minimum atomic E-state index is -2.39. The van der Waals surface area contributed by atoms with Gasteiger partial charge in [0.05, 0.1) is 42.8 Å². The third kappa shape index (κ3) is 8.01. The Morgan fingerprint density at radius 3 is 1.93 bits per heavy atom. The van der Waals surface area contributed by atoms with E-state index >= 15 is 9.59 Å². The van der Waals surface area contributed by atoms with Crippen molar-refractivity contribution in [3.8, 4) is 5.75 Å². The average Bonchev–Trinajstić information content (AvgIpc) is 3.76. The molecule has 0 aromatic heterocycles. The Morgan fingerprint density at radius 1 is 0.761 bits per heavy atom. The zero-order chi connectivity index (χ0) is 50.8. The number of benzene rings is 4. The number of methoxy groups -OCH3 is 1. The van der Waals surface area contributed by atoms with Crippen LogP contribution in [0, 0.1) is 16.7 Å². The van der Waals surface area contributed by atoms with Gasteiger partial charge in [0.15, 0.2) is 29.8 Å². The summed E-state index contributed by atoms with van der Waals surface area (Å²) in [6, 6.07) is 31.1. The van der Waals surface area contributed by atoms with Gasteiger partial charge in [-0.25, -0.2) is 9.59 Å². The van der Waals surface area contributed by atoms with Crippen molar-refractivity contribution in [2.24, 2.45) is 16.7 Å². The topological polar surface area (TPSA) is 211 Å². The first kappa shape index (κ1) is 49.3. The number of rotatable bonds is 10. The first-order chi connectivity index (χ1) is 33.8. The minimum Gasteiger partial charge on any atom is -0.497 e. The van der Waals surface area contributed by atoms with Crippen LogP contribution in [0.15, 0.2) is 126 Å². The van der Waals surface area contributed by atoms with Crippen molar-refractivity contribution in [3.63, 3.8) is 0 Å². The highest BCUT2D eigenvalue weighted by Crippen LogP contribution is 2.64. The molecule has 0 unspecified atom stereocenters. The SMILES string of the molecule is COc1ccc([C@@H]2O[C@@H](C(=O)O[C@H]3C[C@@]4(O)[C@@H](OC(=O)c5ccccc5)[C@@H]5[C@]6(OC(C)=O)CO[C@@H]6C[C@H](O)[C@@]5(C)C(=O)[C@H](OC(C)=O)C(=C3C)C4(C)C)[C@H](c3ccccc3)N2C(=O)c2ccccc2)cc1. The van der Waals surface area contributed by atoms with Crippen molar-refractivity contribution >= 4 is 35.6 Å². The Kier molecular flexibility index (Phi) is 12.8. The monoisotopic (exact) mass is 971 g/mol. The molecule has 9 rings (SSSR count). The molecule has 2 bridgehead atoms. The lowest BCUT2D eigenvalue weighted by molar-refractivity contribution is -0.346. The van der Waals surface area contributed by atoms with E-state index in [2.05, 4.69) is 0 Å². The zero-order valence-corrected chi connectivity index (χ0v) is 40.4. The maximum absolute atomic E-state index is 15.8. The predicted molar refractivity (Wildman–Crippen MR) is 251 cm³/mol. The number of esters is 4. The van der Waals surface area contributed by atoms with Gasteiger partial charge in [0.25, 0.3) is 5.91 Å². The Morgan fingerprint density at radius 2 is 1.37 bits per heavy atom. The normalized spacial score (nSPS) is 32.7. The quantitative estimate of drug-likeness (QED) is 0.103. The second kappa shape index (κ2) is 18.5. The summed E-state index contributed by atoms with van der Waals surface area (Å²) in [5, 5.41) is 26.2. The van der Waals surface area contributed by atoms with Crippen LogP contribution >= 0.6 is 0 Å². The van der Waals surface area contributed by atoms with E-state index in [0.29, 0.717) is 22.4 Å². The number of nitrogens with zero attached hydrogens (tertiary/aromatic N) is 1. The number of hydrogen-bond donors (Lipinski definition) is 2. The number of ketones is 1. The third-order valence-electron chi connectivity index (χ3n) is 15.6. The Bertz CT molecular complexity index is 2760. The van der Waals surface area contributed by atoms with E-state index in [1.54, 1.807) is 124 Å². The van der Waals surface area contributed by atoms with Gasteiger partial charge in [-0.05, 0) is 67.0 Å². The molecule has 3 aliphatic carbocycles. The highest BCUT2D eigenvalue weighted by molar-refractivity contribution is 5.97. The molecular weight excluding hydrogens is 915 g/mol. The summed E-state index contributed by atoms with van der Waals surface area (Å²) < 4.78 is 43.3. The van der Waals surface area contributed by atoms with Gasteiger partial charge >= 0.3 is 23.9 Å². The van der Waals surface area contributed by atoms with E-state index in [4.69, 9.17) is 33.2 Å². The van der Waals surface area contributed by atoms with Crippen LogP contribution in [0.2, 0.25) is 0 Å². The molecule has 0 radical (unpaired) electrons. The van der Waals surface area contributed by atoms with E-state index in [1.807, 2.05) is 0 Å². The van der Waals surface area contributed by atoms with Crippen LogP contribution in [0.3, 0.4) is 0 Å². The number of carbonyl (C=O) groups excluding carboxylic acids is 6. The van der Waals surface area contributed by atoms with Crippen LogP contribution < -0.4 is 4.74 Å². The van der Waals surface area contributed by atoms with Crippen molar-refractivity contribution in [3.05, 3.63) is 149 Å². The molecule has 12 atom stereocenters. The van der Waals surface area contributed by atoms with E-state index in [9.17, 15) is 29.4 Å². The summed E-state index contributed by atoms with van der Waals surface area (Å²) in [7, 11) is 1.52. The molecule has 372 valence electrons. The molecule has 0 spiro atoms. The van der Waals surface area contributed by atoms with E-state index in [1.165, 1.54) is 38.0 Å². The Labute approximate surface area is 410 Å². The molecule has 4 aromatic carbocycles. The molecule has 2 aliphatic heterocycles. The third-order valence-corrected chi connectivity index (χ3v) is 15.6. The van der Waals surface area contributed by atoms with Crippen LogP contribution in [0.4, 0.5) is 0 Å². The standard InChI is InChI=1S/C55H57NO15/c1-30-38(68-51(63)44-42(33-17-11-8-12-18-33)56(48(61)34-19-13-9-14-20-34)49(69-44)35-23-25-37(65-7)26-24-35)28-55(64)47(70-50(62)36-21-15-10-16-22-36)45-53(6,39(59)27-40-54(45,29-66-40)71-32(3)58)46(60)43(67-31(2)57)41(30)52(55,4)5/h8-26,38-40,42-45,47,49,59,64H,27-29H2,1-7H3/t38-,39-,40+,42-,43+,44+,45-,47-,49-,53+,54-,55+/m0/s1. The fourth-order valence-corrected chi connectivity index (χ4v) is 11.9. The van der Waals surface area contributed by atoms with Gasteiger partial charge in [-0.2, -0.15) is 0 Å². The van der Waals surface area contributed by atoms with Gasteiger partial charge in [0.1, 0.15) is 29.7 Å². The number of hydrogen-bond acceptors (Lipinski definition) is 15. The van der Waals surface area contributed by atoms with E-state index in [0.717, 1.165) is 6.92 Å². The zero-order valence-electron chi connectivity index (χ0n) is 40.4. The second-order valence-electron chi connectivity index (χ2n) is 19.8. The molecule has 16 heteroatoms. The number of aliphatic hydroxyl groups is 2. The number of amides is 1. The lowest BCUT2D eigenvalue weighted by Gasteiger charge is -2.67. The maximum Gasteiger partial charge on any atom is 0.338 e. The average molecular weight is 972 g/mol. The van der Waals surface area contributed by atoms with Crippen LogP contribution in [-0.2, 0) is 47.6 Å². The molecule has 2 saturated heterocycles. The molecule has 2 saturated carbocycles. The maximum atomic E-state index is 15.8. The number of Topliss-reactive ketones (excluding diaryl/α,β-unsaturated/α-hetero) is 1. The van der Waals surface area contributed by atoms with Crippen molar-refractivity contribution in [2.75, 3.05) is 13.7 Å². The predicted octanol–water partition coefficient (Wildman–Crippen LogP) is 6.19. The molecule has 4 fully saturated rings. The summed E-state index contributed by atoms with van der Waals surface area (Å²) in [4.78, 5) is 88.3. The number of carbonyl (C=O) groups is 6. The fraction of sp³-hybridized carbons (Fsp3) is 0.418. The summed E-state index contributed by atoms with van der Waals surface area (Å²) in [6.45, 7) is 8.20.